The van der Waals surface area contributed by atoms with Crippen molar-refractivity contribution in [1.82, 2.24) is 10.3 Å². The van der Waals surface area contributed by atoms with E-state index in [-0.39, 0.29) is 12.3 Å². The SMILES string of the molecule is CCCc1nc(C)c(C(=O)NC(Cc2ccccc2)C(=O)O)s1. The Labute approximate surface area is 139 Å². The zero-order chi connectivity index (χ0) is 16.8. The van der Waals surface area contributed by atoms with Crippen LogP contribution in [0, 0.1) is 6.92 Å². The minimum Gasteiger partial charge on any atom is -0.480 e. The molecule has 0 radical (unpaired) electrons. The molecule has 0 saturated heterocycles. The summed E-state index contributed by atoms with van der Waals surface area (Å²) in [5.41, 5.74) is 1.52. The van der Waals surface area contributed by atoms with Crippen molar-refractivity contribution in [3.8, 4) is 0 Å². The quantitative estimate of drug-likeness (QED) is 0.817. The van der Waals surface area contributed by atoms with Crippen molar-refractivity contribution < 1.29 is 14.7 Å². The Morgan fingerprint density at radius 2 is 2.00 bits per heavy atom. The number of aryl methyl sites for hydroxylation is 2. The zero-order valence-electron chi connectivity index (χ0n) is 13.2. The van der Waals surface area contributed by atoms with Crippen LogP contribution in [0.25, 0.3) is 0 Å². The molecular weight excluding hydrogens is 312 g/mol. The summed E-state index contributed by atoms with van der Waals surface area (Å²) in [4.78, 5) is 28.7. The molecular formula is C17H20N2O3S. The number of hydrogen-bond donors (Lipinski definition) is 2. The van der Waals surface area contributed by atoms with Gasteiger partial charge < -0.3 is 10.4 Å². The number of aromatic nitrogens is 1. The fraction of sp³-hybridized carbons (Fsp3) is 0.353. The van der Waals surface area contributed by atoms with Crippen LogP contribution in [0.2, 0.25) is 0 Å². The summed E-state index contributed by atoms with van der Waals surface area (Å²) >= 11 is 1.34. The first-order valence-corrected chi connectivity index (χ1v) is 8.36. The topological polar surface area (TPSA) is 79.3 Å². The molecule has 2 N–H and O–H groups in total. The van der Waals surface area contributed by atoms with Gasteiger partial charge in [-0.05, 0) is 25.3 Å². The summed E-state index contributed by atoms with van der Waals surface area (Å²) in [7, 11) is 0. The summed E-state index contributed by atoms with van der Waals surface area (Å²) < 4.78 is 0. The van der Waals surface area contributed by atoms with Crippen molar-refractivity contribution in [3.05, 3.63) is 51.5 Å². The van der Waals surface area contributed by atoms with E-state index in [1.54, 1.807) is 6.92 Å². The second-order valence-electron chi connectivity index (χ2n) is 5.33. The Bertz CT molecular complexity index is 682. The molecule has 2 aromatic rings. The van der Waals surface area contributed by atoms with Crippen molar-refractivity contribution in [3.63, 3.8) is 0 Å². The number of hydrogen-bond acceptors (Lipinski definition) is 4. The predicted molar refractivity (Wildman–Crippen MR) is 89.9 cm³/mol. The van der Waals surface area contributed by atoms with Crippen LogP contribution in [-0.4, -0.2) is 28.0 Å². The number of nitrogens with zero attached hydrogens (tertiary/aromatic N) is 1. The van der Waals surface area contributed by atoms with E-state index in [0.717, 1.165) is 23.4 Å². The van der Waals surface area contributed by atoms with Crippen LogP contribution in [0.1, 0.15) is 39.3 Å². The minimum atomic E-state index is -1.04. The van der Waals surface area contributed by atoms with Crippen LogP contribution < -0.4 is 5.32 Å². The van der Waals surface area contributed by atoms with Crippen molar-refractivity contribution in [1.29, 1.82) is 0 Å². The van der Waals surface area contributed by atoms with Gasteiger partial charge >= 0.3 is 5.97 Å². The number of amides is 1. The van der Waals surface area contributed by atoms with Gasteiger partial charge in [-0.25, -0.2) is 9.78 Å². The van der Waals surface area contributed by atoms with Crippen LogP contribution in [0.15, 0.2) is 30.3 Å². The maximum Gasteiger partial charge on any atom is 0.326 e. The molecule has 1 heterocycles. The van der Waals surface area contributed by atoms with E-state index in [4.69, 9.17) is 0 Å². The van der Waals surface area contributed by atoms with Gasteiger partial charge in [0.05, 0.1) is 10.7 Å². The fourth-order valence-corrected chi connectivity index (χ4v) is 3.33. The van der Waals surface area contributed by atoms with Gasteiger partial charge in [-0.15, -0.1) is 11.3 Å². The lowest BCUT2D eigenvalue weighted by molar-refractivity contribution is -0.139. The molecule has 5 nitrogen and oxygen atoms in total. The largest absolute Gasteiger partial charge is 0.480 e. The number of benzene rings is 1. The average molecular weight is 332 g/mol. The third-order valence-electron chi connectivity index (χ3n) is 3.40. The first kappa shape index (κ1) is 17.1. The van der Waals surface area contributed by atoms with Crippen LogP contribution in [-0.2, 0) is 17.6 Å². The number of carbonyl (C=O) groups is 2. The highest BCUT2D eigenvalue weighted by molar-refractivity contribution is 7.13. The summed E-state index contributed by atoms with van der Waals surface area (Å²) in [6.45, 7) is 3.83. The Hall–Kier alpha value is -2.21. The third kappa shape index (κ3) is 4.63. The summed E-state index contributed by atoms with van der Waals surface area (Å²) in [6.07, 6.45) is 2.03. The molecule has 0 aliphatic heterocycles. The lowest BCUT2D eigenvalue weighted by Crippen LogP contribution is -2.42. The lowest BCUT2D eigenvalue weighted by Gasteiger charge is -2.14. The highest BCUT2D eigenvalue weighted by atomic mass is 32.1. The highest BCUT2D eigenvalue weighted by Gasteiger charge is 2.23. The molecule has 1 aromatic heterocycles. The molecule has 0 bridgehead atoms. The lowest BCUT2D eigenvalue weighted by atomic mass is 10.1. The van der Waals surface area contributed by atoms with Crippen molar-refractivity contribution >= 4 is 23.2 Å². The molecule has 0 spiro atoms. The number of thiazole rings is 1. The molecule has 0 saturated carbocycles. The monoisotopic (exact) mass is 332 g/mol. The van der Waals surface area contributed by atoms with Gasteiger partial charge in [0.15, 0.2) is 0 Å². The maximum absolute atomic E-state index is 12.4. The smallest absolute Gasteiger partial charge is 0.326 e. The number of carbonyl (C=O) groups excluding carboxylic acids is 1. The van der Waals surface area contributed by atoms with Gasteiger partial charge in [0.1, 0.15) is 10.9 Å². The Morgan fingerprint density at radius 3 is 2.61 bits per heavy atom. The molecule has 2 rings (SSSR count). The van der Waals surface area contributed by atoms with Crippen LogP contribution >= 0.6 is 11.3 Å². The van der Waals surface area contributed by atoms with Gasteiger partial charge in [0, 0.05) is 6.42 Å². The minimum absolute atomic E-state index is 0.252. The average Bonchev–Trinajstić information content (AvgIpc) is 2.88. The summed E-state index contributed by atoms with van der Waals surface area (Å²) in [5, 5.41) is 12.9. The maximum atomic E-state index is 12.4. The summed E-state index contributed by atoms with van der Waals surface area (Å²) in [5.74, 6) is -1.41. The standard InChI is InChI=1S/C17H20N2O3S/c1-3-7-14-18-11(2)15(23-14)16(20)19-13(17(21)22)10-12-8-5-4-6-9-12/h4-6,8-9,13H,3,7,10H2,1-2H3,(H,19,20)(H,21,22). The second-order valence-corrected chi connectivity index (χ2v) is 6.41. The third-order valence-corrected chi connectivity index (χ3v) is 4.61. The molecule has 0 aliphatic carbocycles. The second kappa shape index (κ2) is 7.87. The van der Waals surface area contributed by atoms with Gasteiger partial charge in [-0.3, -0.25) is 4.79 Å². The molecule has 1 atom stereocenters. The zero-order valence-corrected chi connectivity index (χ0v) is 14.0. The summed E-state index contributed by atoms with van der Waals surface area (Å²) in [6, 6.07) is 8.30. The Balaban J connectivity index is 2.10. The van der Waals surface area contributed by atoms with E-state index in [1.165, 1.54) is 11.3 Å². The Kier molecular flexibility index (Phi) is 5.87. The van der Waals surface area contributed by atoms with E-state index in [0.29, 0.717) is 10.6 Å². The van der Waals surface area contributed by atoms with E-state index in [2.05, 4.69) is 17.2 Å². The molecule has 1 aromatic carbocycles. The number of aliphatic carboxylic acids is 1. The van der Waals surface area contributed by atoms with Gasteiger partial charge in [-0.2, -0.15) is 0 Å². The first-order valence-electron chi connectivity index (χ1n) is 7.55. The molecule has 0 fully saturated rings. The van der Waals surface area contributed by atoms with Gasteiger partial charge in [-0.1, -0.05) is 37.3 Å². The molecule has 0 aliphatic rings. The van der Waals surface area contributed by atoms with E-state index < -0.39 is 12.0 Å². The molecule has 1 unspecified atom stereocenters. The van der Waals surface area contributed by atoms with Crippen molar-refractivity contribution in [2.45, 2.75) is 39.2 Å². The molecule has 6 heteroatoms. The first-order chi connectivity index (χ1) is 11.0. The molecule has 23 heavy (non-hydrogen) atoms. The highest BCUT2D eigenvalue weighted by Crippen LogP contribution is 2.19. The van der Waals surface area contributed by atoms with Gasteiger partial charge in [0.2, 0.25) is 0 Å². The predicted octanol–water partition coefficient (Wildman–Crippen LogP) is 2.83. The number of carboxylic acid groups (broad SMARTS) is 1. The normalized spacial score (nSPS) is 11.9. The molecule has 1 amide bonds. The van der Waals surface area contributed by atoms with Gasteiger partial charge in [0.25, 0.3) is 5.91 Å². The van der Waals surface area contributed by atoms with Crippen LogP contribution in [0.3, 0.4) is 0 Å². The van der Waals surface area contributed by atoms with Crippen LogP contribution in [0.5, 0.6) is 0 Å². The van der Waals surface area contributed by atoms with E-state index in [1.807, 2.05) is 30.3 Å². The number of carboxylic acids is 1. The molecule has 122 valence electrons. The van der Waals surface area contributed by atoms with Crippen LogP contribution in [0.4, 0.5) is 0 Å². The van der Waals surface area contributed by atoms with E-state index >= 15 is 0 Å². The Morgan fingerprint density at radius 1 is 1.30 bits per heavy atom. The van der Waals surface area contributed by atoms with Crippen molar-refractivity contribution in [2.75, 3.05) is 0 Å². The van der Waals surface area contributed by atoms with E-state index in [9.17, 15) is 14.7 Å². The van der Waals surface area contributed by atoms with Crippen molar-refractivity contribution in [2.24, 2.45) is 0 Å². The number of nitrogens with one attached hydrogen (secondary N) is 1. The number of rotatable bonds is 7. The fourth-order valence-electron chi connectivity index (χ4n) is 2.26.